The molecule has 4 rings (SSSR count). The summed E-state index contributed by atoms with van der Waals surface area (Å²) in [5, 5.41) is 15.5. The Morgan fingerprint density at radius 2 is 2.12 bits per heavy atom. The Kier molecular flexibility index (Phi) is 1.59. The first kappa shape index (κ1) is 9.04. The molecule has 86 valence electrons. The molecular weight excluding hydrogens is 214 g/mol. The molecule has 1 aliphatic heterocycles. The van der Waals surface area contributed by atoms with Crippen LogP contribution in [0, 0.1) is 0 Å². The zero-order chi connectivity index (χ0) is 11.4. The molecule has 1 unspecified atom stereocenters. The lowest BCUT2D eigenvalue weighted by Gasteiger charge is -2.19. The first-order valence-corrected chi connectivity index (χ1v) is 5.89. The molecule has 1 aromatic heterocycles. The number of fused-ring (bicyclic) bond motifs is 2. The van der Waals surface area contributed by atoms with Crippen LogP contribution in [0.25, 0.3) is 5.69 Å². The molecule has 0 saturated heterocycles. The van der Waals surface area contributed by atoms with Gasteiger partial charge in [-0.1, -0.05) is 6.07 Å². The number of rotatable bonds is 1. The van der Waals surface area contributed by atoms with Gasteiger partial charge in [0, 0.05) is 12.6 Å². The Bertz CT molecular complexity index is 601. The van der Waals surface area contributed by atoms with Gasteiger partial charge >= 0.3 is 0 Å². The third-order valence-corrected chi connectivity index (χ3v) is 3.25. The minimum atomic E-state index is 0.390. The van der Waals surface area contributed by atoms with Gasteiger partial charge in [0.1, 0.15) is 0 Å². The quantitative estimate of drug-likeness (QED) is 0.659. The van der Waals surface area contributed by atoms with E-state index in [0.717, 1.165) is 30.3 Å². The summed E-state index contributed by atoms with van der Waals surface area (Å²) in [6.45, 7) is 3.01. The summed E-state index contributed by atoms with van der Waals surface area (Å²) in [6, 6.07) is 6.77. The molecule has 2 N–H and O–H groups in total. The van der Waals surface area contributed by atoms with Crippen molar-refractivity contribution in [1.29, 1.82) is 0 Å². The summed E-state index contributed by atoms with van der Waals surface area (Å²) >= 11 is 0. The Morgan fingerprint density at radius 3 is 3.00 bits per heavy atom. The van der Waals surface area contributed by atoms with Gasteiger partial charge in [-0.3, -0.25) is 0 Å². The lowest BCUT2D eigenvalue weighted by atomic mass is 10.3. The van der Waals surface area contributed by atoms with E-state index in [9.17, 15) is 0 Å². The summed E-state index contributed by atoms with van der Waals surface area (Å²) in [4.78, 5) is 1.70. The van der Waals surface area contributed by atoms with Crippen LogP contribution in [0.4, 0.5) is 11.6 Å². The van der Waals surface area contributed by atoms with E-state index in [1.807, 2.05) is 0 Å². The maximum Gasteiger partial charge on any atom is 0.193 e. The van der Waals surface area contributed by atoms with Gasteiger partial charge in [-0.05, 0) is 36.6 Å². The molecule has 17 heavy (non-hydrogen) atoms. The van der Waals surface area contributed by atoms with Gasteiger partial charge in [0.25, 0.3) is 0 Å². The number of benzene rings is 1. The molecule has 2 heterocycles. The number of hydrogen-bond donors (Lipinski definition) is 2. The van der Waals surface area contributed by atoms with Gasteiger partial charge in [0.15, 0.2) is 11.6 Å². The fourth-order valence-corrected chi connectivity index (χ4v) is 2.18. The normalized spacial score (nSPS) is 19.9. The third-order valence-electron chi connectivity index (χ3n) is 3.25. The molecule has 1 aromatic carbocycles. The van der Waals surface area contributed by atoms with Crippen LogP contribution in [0.3, 0.4) is 0 Å². The van der Waals surface area contributed by atoms with Crippen molar-refractivity contribution in [2.24, 2.45) is 0 Å². The predicted molar refractivity (Wildman–Crippen MR) is 65.7 cm³/mol. The molecule has 5 nitrogen and oxygen atoms in total. The monoisotopic (exact) mass is 227 g/mol. The summed E-state index contributed by atoms with van der Waals surface area (Å²) < 4.78 is 0. The second-order valence-electron chi connectivity index (χ2n) is 4.74. The minimum absolute atomic E-state index is 0.390. The predicted octanol–water partition coefficient (Wildman–Crippen LogP) is 1.40. The van der Waals surface area contributed by atoms with Crippen molar-refractivity contribution in [3.63, 3.8) is 0 Å². The summed E-state index contributed by atoms with van der Waals surface area (Å²) in [7, 11) is 0. The zero-order valence-corrected chi connectivity index (χ0v) is 9.57. The maximum atomic E-state index is 4.47. The third kappa shape index (κ3) is 1.39. The highest BCUT2D eigenvalue weighted by atomic mass is 15.5. The summed E-state index contributed by atoms with van der Waals surface area (Å²) in [6.07, 6.45) is 1.12. The Hall–Kier alpha value is -2.04. The molecule has 5 heteroatoms. The van der Waals surface area contributed by atoms with E-state index in [1.165, 1.54) is 11.1 Å². The van der Waals surface area contributed by atoms with E-state index < -0.39 is 0 Å². The van der Waals surface area contributed by atoms with Gasteiger partial charge in [-0.2, -0.15) is 0 Å². The number of aromatic nitrogens is 3. The summed E-state index contributed by atoms with van der Waals surface area (Å²) in [5.74, 6) is 1.68. The Morgan fingerprint density at radius 1 is 1.24 bits per heavy atom. The van der Waals surface area contributed by atoms with Crippen LogP contribution in [0.15, 0.2) is 18.2 Å². The van der Waals surface area contributed by atoms with Crippen molar-refractivity contribution in [1.82, 2.24) is 15.0 Å². The van der Waals surface area contributed by atoms with Gasteiger partial charge in [0.05, 0.1) is 5.69 Å². The van der Waals surface area contributed by atoms with Crippen molar-refractivity contribution in [2.75, 3.05) is 17.2 Å². The molecule has 0 amide bonds. The number of anilines is 2. The molecule has 2 aromatic rings. The lowest BCUT2D eigenvalue weighted by Crippen LogP contribution is -2.29. The van der Waals surface area contributed by atoms with E-state index in [0.29, 0.717) is 6.04 Å². The largest absolute Gasteiger partial charge is 0.363 e. The topological polar surface area (TPSA) is 54.8 Å². The molecule has 1 aliphatic carbocycles. The van der Waals surface area contributed by atoms with Gasteiger partial charge in [0.2, 0.25) is 0 Å². The SMILES string of the molecule is CC1CNc2nn(-c3ccc4c(c3)C4)nc2N1. The van der Waals surface area contributed by atoms with E-state index in [-0.39, 0.29) is 0 Å². The highest BCUT2D eigenvalue weighted by Gasteiger charge is 2.21. The fraction of sp³-hybridized carbons (Fsp3) is 0.333. The van der Waals surface area contributed by atoms with Gasteiger partial charge < -0.3 is 10.6 Å². The van der Waals surface area contributed by atoms with E-state index >= 15 is 0 Å². The van der Waals surface area contributed by atoms with Crippen molar-refractivity contribution in [2.45, 2.75) is 19.4 Å². The van der Waals surface area contributed by atoms with E-state index in [2.05, 4.69) is 46.0 Å². The average Bonchev–Trinajstić information content (AvgIpc) is 2.99. The van der Waals surface area contributed by atoms with Crippen LogP contribution in [0.1, 0.15) is 18.1 Å². The first-order valence-electron chi connectivity index (χ1n) is 5.89. The molecule has 0 saturated carbocycles. The molecule has 2 aliphatic rings. The van der Waals surface area contributed by atoms with Crippen molar-refractivity contribution < 1.29 is 0 Å². The smallest absolute Gasteiger partial charge is 0.193 e. The molecule has 0 fully saturated rings. The molecule has 1 atom stereocenters. The van der Waals surface area contributed by atoms with Crippen LogP contribution in [0.5, 0.6) is 0 Å². The lowest BCUT2D eigenvalue weighted by molar-refractivity contribution is 0.755. The fourth-order valence-electron chi connectivity index (χ4n) is 2.18. The van der Waals surface area contributed by atoms with E-state index in [1.54, 1.807) is 4.80 Å². The number of nitrogens with zero attached hydrogens (tertiary/aromatic N) is 3. The van der Waals surface area contributed by atoms with Crippen LogP contribution in [-0.2, 0) is 6.42 Å². The summed E-state index contributed by atoms with van der Waals surface area (Å²) in [5.41, 5.74) is 3.88. The Balaban J connectivity index is 1.75. The molecule has 0 radical (unpaired) electrons. The Labute approximate surface area is 98.8 Å². The highest BCUT2D eigenvalue weighted by molar-refractivity contribution is 5.62. The van der Waals surface area contributed by atoms with Crippen LogP contribution >= 0.6 is 0 Å². The highest BCUT2D eigenvalue weighted by Crippen LogP contribution is 2.30. The van der Waals surface area contributed by atoms with Gasteiger partial charge in [-0.25, -0.2) is 0 Å². The van der Waals surface area contributed by atoms with Crippen molar-refractivity contribution >= 4 is 11.6 Å². The standard InChI is InChI=1S/C12H13N5/c1-7-6-13-11-12(14-7)16-17(15-11)10-3-2-8-4-9(8)5-10/h2-3,5,7H,4,6H2,1H3,(H,13,15)(H,14,16). The minimum Gasteiger partial charge on any atom is -0.363 e. The van der Waals surface area contributed by atoms with Crippen molar-refractivity contribution in [3.8, 4) is 5.69 Å². The maximum absolute atomic E-state index is 4.47. The number of nitrogens with one attached hydrogen (secondary N) is 2. The van der Waals surface area contributed by atoms with Gasteiger partial charge in [-0.15, -0.1) is 15.0 Å². The second kappa shape index (κ2) is 3.00. The number of hydrogen-bond acceptors (Lipinski definition) is 4. The van der Waals surface area contributed by atoms with Crippen LogP contribution < -0.4 is 10.6 Å². The zero-order valence-electron chi connectivity index (χ0n) is 9.57. The average molecular weight is 227 g/mol. The molecule has 0 spiro atoms. The van der Waals surface area contributed by atoms with Crippen LogP contribution in [0.2, 0.25) is 0 Å². The van der Waals surface area contributed by atoms with Crippen LogP contribution in [-0.4, -0.2) is 27.6 Å². The van der Waals surface area contributed by atoms with Crippen molar-refractivity contribution in [3.05, 3.63) is 29.3 Å². The first-order chi connectivity index (χ1) is 8.29. The molecule has 0 bridgehead atoms. The molecular formula is C12H13N5. The second-order valence-corrected chi connectivity index (χ2v) is 4.74. The van der Waals surface area contributed by atoms with E-state index in [4.69, 9.17) is 0 Å².